The van der Waals surface area contributed by atoms with Gasteiger partial charge in [0.1, 0.15) is 5.82 Å². The third-order valence-electron chi connectivity index (χ3n) is 5.09. The molecule has 0 aliphatic carbocycles. The van der Waals surface area contributed by atoms with E-state index in [1.54, 1.807) is 54.9 Å². The summed E-state index contributed by atoms with van der Waals surface area (Å²) in [5, 5.41) is 6.04. The zero-order valence-electron chi connectivity index (χ0n) is 17.9. The van der Waals surface area contributed by atoms with Crippen molar-refractivity contribution in [3.8, 4) is 11.1 Å². The Hall–Kier alpha value is -4.20. The molecule has 4 nitrogen and oxygen atoms in total. The van der Waals surface area contributed by atoms with Gasteiger partial charge in [-0.3, -0.25) is 0 Å². The minimum atomic E-state index is -4.42. The van der Waals surface area contributed by atoms with E-state index in [1.165, 1.54) is 24.3 Å². The smallest absolute Gasteiger partial charge is 0.381 e. The summed E-state index contributed by atoms with van der Waals surface area (Å²) in [5.74, 6) is 0.00206. The summed E-state index contributed by atoms with van der Waals surface area (Å²) in [7, 11) is 0. The van der Waals surface area contributed by atoms with Crippen molar-refractivity contribution in [3.63, 3.8) is 0 Å². The summed E-state index contributed by atoms with van der Waals surface area (Å²) in [6.45, 7) is 3.93. The molecule has 0 spiro atoms. The van der Waals surface area contributed by atoms with Gasteiger partial charge in [-0.05, 0) is 47.0 Å². The SMILES string of the molecule is C=C(NCc1ccccc1C(F)(F)F)c1cccc(Nc2ncc(-c3cccc(F)c3)cn2)c1. The number of hydrogen-bond donors (Lipinski definition) is 2. The predicted molar refractivity (Wildman–Crippen MR) is 124 cm³/mol. The van der Waals surface area contributed by atoms with Gasteiger partial charge >= 0.3 is 6.18 Å². The molecule has 172 valence electrons. The van der Waals surface area contributed by atoms with E-state index < -0.39 is 11.7 Å². The van der Waals surface area contributed by atoms with Crippen molar-refractivity contribution < 1.29 is 17.6 Å². The first kappa shape index (κ1) is 23.0. The molecule has 0 aliphatic rings. The van der Waals surface area contributed by atoms with Crippen LogP contribution in [0.25, 0.3) is 16.8 Å². The third-order valence-corrected chi connectivity index (χ3v) is 5.09. The largest absolute Gasteiger partial charge is 0.416 e. The molecule has 3 aromatic carbocycles. The minimum Gasteiger partial charge on any atom is -0.381 e. The zero-order valence-corrected chi connectivity index (χ0v) is 17.9. The van der Waals surface area contributed by atoms with E-state index in [2.05, 4.69) is 27.2 Å². The molecular formula is C26H20F4N4. The lowest BCUT2D eigenvalue weighted by Gasteiger charge is -2.15. The van der Waals surface area contributed by atoms with Gasteiger partial charge in [0, 0.05) is 35.9 Å². The van der Waals surface area contributed by atoms with E-state index >= 15 is 0 Å². The highest BCUT2D eigenvalue weighted by Crippen LogP contribution is 2.32. The average Bonchev–Trinajstić information content (AvgIpc) is 2.83. The quantitative estimate of drug-likeness (QED) is 0.295. The van der Waals surface area contributed by atoms with Crippen LogP contribution < -0.4 is 10.6 Å². The molecule has 0 atom stereocenters. The van der Waals surface area contributed by atoms with Crippen LogP contribution in [0.1, 0.15) is 16.7 Å². The van der Waals surface area contributed by atoms with Crippen molar-refractivity contribution in [1.82, 2.24) is 15.3 Å². The first-order valence-corrected chi connectivity index (χ1v) is 10.3. The van der Waals surface area contributed by atoms with E-state index in [0.29, 0.717) is 34.0 Å². The molecule has 2 N–H and O–H groups in total. The number of anilines is 2. The number of rotatable bonds is 7. The lowest BCUT2D eigenvalue weighted by atomic mass is 10.1. The second kappa shape index (κ2) is 9.74. The van der Waals surface area contributed by atoms with Crippen LogP contribution in [-0.4, -0.2) is 9.97 Å². The van der Waals surface area contributed by atoms with Crippen molar-refractivity contribution in [2.24, 2.45) is 0 Å². The van der Waals surface area contributed by atoms with Crippen LogP contribution in [0.4, 0.5) is 29.2 Å². The van der Waals surface area contributed by atoms with Gasteiger partial charge in [-0.15, -0.1) is 0 Å². The van der Waals surface area contributed by atoms with Crippen molar-refractivity contribution in [3.05, 3.63) is 114 Å². The van der Waals surface area contributed by atoms with E-state index in [0.717, 1.165) is 6.07 Å². The molecule has 1 aromatic heterocycles. The fraction of sp³-hybridized carbons (Fsp3) is 0.0769. The first-order chi connectivity index (χ1) is 16.3. The molecule has 0 fully saturated rings. The predicted octanol–water partition coefficient (Wildman–Crippen LogP) is 6.81. The number of halogens is 4. The van der Waals surface area contributed by atoms with E-state index in [9.17, 15) is 17.6 Å². The van der Waals surface area contributed by atoms with Gasteiger partial charge < -0.3 is 10.6 Å². The fourth-order valence-electron chi connectivity index (χ4n) is 3.38. The second-order valence-corrected chi connectivity index (χ2v) is 7.50. The Bertz CT molecular complexity index is 1300. The topological polar surface area (TPSA) is 49.8 Å². The summed E-state index contributed by atoms with van der Waals surface area (Å²) in [6, 6.07) is 18.8. The van der Waals surface area contributed by atoms with Crippen molar-refractivity contribution in [1.29, 1.82) is 0 Å². The normalized spacial score (nSPS) is 11.2. The molecule has 0 saturated heterocycles. The van der Waals surface area contributed by atoms with E-state index in [1.807, 2.05) is 0 Å². The number of nitrogens with zero attached hydrogens (tertiary/aromatic N) is 2. The minimum absolute atomic E-state index is 0.0170. The molecule has 0 bridgehead atoms. The molecule has 4 rings (SSSR count). The molecule has 34 heavy (non-hydrogen) atoms. The van der Waals surface area contributed by atoms with Crippen molar-refractivity contribution in [2.75, 3.05) is 5.32 Å². The number of aromatic nitrogens is 2. The Morgan fingerprint density at radius 3 is 2.32 bits per heavy atom. The Morgan fingerprint density at radius 2 is 1.59 bits per heavy atom. The van der Waals surface area contributed by atoms with E-state index in [-0.39, 0.29) is 17.9 Å². The molecule has 0 saturated carbocycles. The maximum Gasteiger partial charge on any atom is 0.416 e. The molecular weight excluding hydrogens is 444 g/mol. The van der Waals surface area contributed by atoms with Crippen LogP contribution in [0.5, 0.6) is 0 Å². The Balaban J connectivity index is 1.43. The van der Waals surface area contributed by atoms with Crippen LogP contribution in [-0.2, 0) is 12.7 Å². The van der Waals surface area contributed by atoms with Crippen LogP contribution in [0.2, 0.25) is 0 Å². The lowest BCUT2D eigenvalue weighted by molar-refractivity contribution is -0.138. The zero-order chi connectivity index (χ0) is 24.1. The van der Waals surface area contributed by atoms with Gasteiger partial charge in [-0.25, -0.2) is 14.4 Å². The monoisotopic (exact) mass is 464 g/mol. The highest BCUT2D eigenvalue weighted by molar-refractivity contribution is 5.68. The summed E-state index contributed by atoms with van der Waals surface area (Å²) in [4.78, 5) is 8.55. The van der Waals surface area contributed by atoms with Gasteiger partial charge in [0.15, 0.2) is 0 Å². The van der Waals surface area contributed by atoms with Gasteiger partial charge in [-0.1, -0.05) is 49.0 Å². The van der Waals surface area contributed by atoms with Crippen molar-refractivity contribution in [2.45, 2.75) is 12.7 Å². The molecule has 8 heteroatoms. The molecule has 4 aromatic rings. The number of hydrogen-bond acceptors (Lipinski definition) is 4. The Morgan fingerprint density at radius 1 is 0.853 bits per heavy atom. The lowest BCUT2D eigenvalue weighted by Crippen LogP contribution is -2.16. The highest BCUT2D eigenvalue weighted by Gasteiger charge is 2.32. The highest BCUT2D eigenvalue weighted by atomic mass is 19.4. The standard InChI is InChI=1S/C26H20F4N4/c1-17(31-14-20-6-2-3-11-24(20)26(28,29)30)18-7-5-10-23(13-18)34-25-32-15-21(16-33-25)19-8-4-9-22(27)12-19/h2-13,15-16,31H,1,14H2,(H,32,33,34). The molecule has 0 radical (unpaired) electrons. The summed E-state index contributed by atoms with van der Waals surface area (Å²) < 4.78 is 53.1. The summed E-state index contributed by atoms with van der Waals surface area (Å²) in [6.07, 6.45) is -1.24. The number of alkyl halides is 3. The van der Waals surface area contributed by atoms with E-state index in [4.69, 9.17) is 0 Å². The third kappa shape index (κ3) is 5.58. The number of nitrogens with one attached hydrogen (secondary N) is 2. The molecule has 0 aliphatic heterocycles. The summed E-state index contributed by atoms with van der Waals surface area (Å²) >= 11 is 0. The molecule has 1 heterocycles. The second-order valence-electron chi connectivity index (χ2n) is 7.50. The number of benzene rings is 3. The molecule has 0 amide bonds. The Kier molecular flexibility index (Phi) is 6.58. The van der Waals surface area contributed by atoms with Crippen molar-refractivity contribution >= 4 is 17.3 Å². The van der Waals surface area contributed by atoms with Gasteiger partial charge in [0.2, 0.25) is 5.95 Å². The van der Waals surface area contributed by atoms with Gasteiger partial charge in [0.25, 0.3) is 0 Å². The van der Waals surface area contributed by atoms with Gasteiger partial charge in [-0.2, -0.15) is 13.2 Å². The first-order valence-electron chi connectivity index (χ1n) is 10.3. The van der Waals surface area contributed by atoms with Crippen LogP contribution in [0, 0.1) is 5.82 Å². The fourth-order valence-corrected chi connectivity index (χ4v) is 3.38. The Labute approximate surface area is 194 Å². The van der Waals surface area contributed by atoms with Crippen LogP contribution in [0.3, 0.4) is 0 Å². The molecule has 0 unspecified atom stereocenters. The van der Waals surface area contributed by atoms with Gasteiger partial charge in [0.05, 0.1) is 5.56 Å². The summed E-state index contributed by atoms with van der Waals surface area (Å²) in [5.41, 5.74) is 2.66. The maximum absolute atomic E-state index is 13.4. The van der Waals surface area contributed by atoms with Crippen LogP contribution in [0.15, 0.2) is 91.8 Å². The van der Waals surface area contributed by atoms with Crippen LogP contribution >= 0.6 is 0 Å². The maximum atomic E-state index is 13.4. The average molecular weight is 464 g/mol.